The fraction of sp³-hybridized carbons (Fsp3) is 0.105. The molecule has 2 aromatic heterocycles. The van der Waals surface area contributed by atoms with E-state index in [0.717, 1.165) is 28.5 Å². The fourth-order valence-electron chi connectivity index (χ4n) is 2.73. The molecule has 0 aliphatic heterocycles. The molecule has 0 N–H and O–H groups in total. The maximum atomic E-state index is 14.1. The van der Waals surface area contributed by atoms with Gasteiger partial charge in [-0.1, -0.05) is 23.4 Å². The normalized spacial score (nSPS) is 11.0. The van der Waals surface area contributed by atoms with Gasteiger partial charge in [0.15, 0.2) is 17.4 Å². The Hall–Kier alpha value is -3.35. The molecule has 0 amide bonds. The molecule has 5 nitrogen and oxygen atoms in total. The van der Waals surface area contributed by atoms with Crippen LogP contribution in [0.2, 0.25) is 0 Å². The van der Waals surface area contributed by atoms with Crippen molar-refractivity contribution in [3.63, 3.8) is 0 Å². The monoisotopic (exact) mass is 353 g/mol. The van der Waals surface area contributed by atoms with Gasteiger partial charge in [-0.05, 0) is 30.5 Å². The minimum Gasteiger partial charge on any atom is -0.488 e. The van der Waals surface area contributed by atoms with Gasteiger partial charge in [-0.2, -0.15) is 4.98 Å². The summed E-state index contributed by atoms with van der Waals surface area (Å²) >= 11 is 0. The maximum absolute atomic E-state index is 14.1. The second-order valence-electron chi connectivity index (χ2n) is 5.53. The van der Waals surface area contributed by atoms with E-state index in [4.69, 9.17) is 9.26 Å². The molecule has 0 spiro atoms. The lowest BCUT2D eigenvalue weighted by Gasteiger charge is -2.06. The molecule has 4 aromatic rings. The van der Waals surface area contributed by atoms with E-state index in [2.05, 4.69) is 15.1 Å². The Balaban J connectivity index is 1.77. The first-order valence-corrected chi connectivity index (χ1v) is 7.96. The first kappa shape index (κ1) is 16.1. The molecule has 0 unspecified atom stereocenters. The number of hydrogen-bond donors (Lipinski definition) is 0. The number of nitrogens with zero attached hydrogens (tertiary/aromatic N) is 3. The van der Waals surface area contributed by atoms with Crippen molar-refractivity contribution < 1.29 is 18.0 Å². The molecule has 130 valence electrons. The average Bonchev–Trinajstić information content (AvgIpc) is 3.14. The van der Waals surface area contributed by atoms with Gasteiger partial charge in [0.1, 0.15) is 0 Å². The number of fused-ring (bicyclic) bond motifs is 1. The third-order valence-electron chi connectivity index (χ3n) is 3.88. The van der Waals surface area contributed by atoms with Crippen LogP contribution in [0.3, 0.4) is 0 Å². The lowest BCUT2D eigenvalue weighted by molar-refractivity contribution is 0.302. The third-order valence-corrected chi connectivity index (χ3v) is 3.88. The van der Waals surface area contributed by atoms with Gasteiger partial charge in [-0.25, -0.2) is 8.78 Å². The zero-order valence-corrected chi connectivity index (χ0v) is 13.7. The summed E-state index contributed by atoms with van der Waals surface area (Å²) in [6, 6.07) is 9.68. The highest BCUT2D eigenvalue weighted by Gasteiger charge is 2.18. The van der Waals surface area contributed by atoms with Crippen molar-refractivity contribution in [3.8, 4) is 28.6 Å². The number of hydrogen-bond acceptors (Lipinski definition) is 5. The summed E-state index contributed by atoms with van der Waals surface area (Å²) in [6.45, 7) is 1.81. The van der Waals surface area contributed by atoms with Gasteiger partial charge in [-0.15, -0.1) is 0 Å². The van der Waals surface area contributed by atoms with E-state index in [-0.39, 0.29) is 18.1 Å². The number of pyridine rings is 1. The van der Waals surface area contributed by atoms with E-state index in [1.54, 1.807) is 19.3 Å². The van der Waals surface area contributed by atoms with Crippen LogP contribution in [0.15, 0.2) is 53.3 Å². The van der Waals surface area contributed by atoms with Crippen LogP contribution in [0.4, 0.5) is 8.78 Å². The van der Waals surface area contributed by atoms with Gasteiger partial charge in [0.05, 0.1) is 6.61 Å². The molecule has 0 saturated carbocycles. The molecular formula is C19H13F2N3O2. The predicted octanol–water partition coefficient (Wildman–Crippen LogP) is 4.63. The zero-order valence-electron chi connectivity index (χ0n) is 13.7. The Morgan fingerprint density at radius 3 is 2.69 bits per heavy atom. The smallest absolute Gasteiger partial charge is 0.258 e. The highest BCUT2D eigenvalue weighted by Crippen LogP contribution is 2.31. The van der Waals surface area contributed by atoms with E-state index in [9.17, 15) is 8.78 Å². The zero-order chi connectivity index (χ0) is 18.1. The van der Waals surface area contributed by atoms with Crippen LogP contribution in [0.5, 0.6) is 5.75 Å². The van der Waals surface area contributed by atoms with Crippen LogP contribution in [0.1, 0.15) is 6.92 Å². The van der Waals surface area contributed by atoms with Crippen molar-refractivity contribution in [2.75, 3.05) is 6.61 Å². The van der Waals surface area contributed by atoms with Crippen LogP contribution in [0, 0.1) is 11.6 Å². The predicted molar refractivity (Wildman–Crippen MR) is 91.6 cm³/mol. The maximum Gasteiger partial charge on any atom is 0.258 e. The Bertz CT molecular complexity index is 1070. The molecule has 2 heterocycles. The van der Waals surface area contributed by atoms with Crippen molar-refractivity contribution in [2.45, 2.75) is 6.92 Å². The molecule has 0 aliphatic rings. The number of rotatable bonds is 4. The fourth-order valence-corrected chi connectivity index (χ4v) is 2.73. The van der Waals surface area contributed by atoms with Crippen LogP contribution in [0.25, 0.3) is 33.6 Å². The number of ether oxygens (including phenoxy) is 1. The lowest BCUT2D eigenvalue weighted by Crippen LogP contribution is -1.98. The van der Waals surface area contributed by atoms with Gasteiger partial charge < -0.3 is 9.26 Å². The topological polar surface area (TPSA) is 61.0 Å². The summed E-state index contributed by atoms with van der Waals surface area (Å²) in [5, 5.41) is 5.78. The highest BCUT2D eigenvalue weighted by atomic mass is 19.1. The second kappa shape index (κ2) is 6.51. The van der Waals surface area contributed by atoms with Crippen molar-refractivity contribution in [3.05, 3.63) is 60.4 Å². The largest absolute Gasteiger partial charge is 0.488 e. The third kappa shape index (κ3) is 2.77. The molecule has 0 radical (unpaired) electrons. The average molecular weight is 353 g/mol. The Morgan fingerprint density at radius 2 is 1.92 bits per heavy atom. The van der Waals surface area contributed by atoms with Gasteiger partial charge in [-0.3, -0.25) is 4.98 Å². The molecule has 7 heteroatoms. The first-order chi connectivity index (χ1) is 12.7. The number of halogens is 2. The molecule has 0 atom stereocenters. The van der Waals surface area contributed by atoms with Gasteiger partial charge >= 0.3 is 0 Å². The van der Waals surface area contributed by atoms with Crippen molar-refractivity contribution in [1.29, 1.82) is 0 Å². The molecular weight excluding hydrogens is 340 g/mol. The molecule has 26 heavy (non-hydrogen) atoms. The molecule has 2 aromatic carbocycles. The Morgan fingerprint density at radius 1 is 1.12 bits per heavy atom. The SMILES string of the molecule is CCOc1c(F)cc(-c2nc(-c3cccc4cnccc34)no2)cc1F. The summed E-state index contributed by atoms with van der Waals surface area (Å²) in [4.78, 5) is 8.37. The van der Waals surface area contributed by atoms with Crippen LogP contribution < -0.4 is 4.74 Å². The van der Waals surface area contributed by atoms with Crippen LogP contribution >= 0.6 is 0 Å². The lowest BCUT2D eigenvalue weighted by atomic mass is 10.1. The minimum absolute atomic E-state index is 0.0203. The molecule has 0 fully saturated rings. The summed E-state index contributed by atoms with van der Waals surface area (Å²) in [7, 11) is 0. The summed E-state index contributed by atoms with van der Waals surface area (Å²) in [5.74, 6) is -1.72. The minimum atomic E-state index is -0.821. The molecule has 0 bridgehead atoms. The Labute approximate surface area is 147 Å². The summed E-state index contributed by atoms with van der Waals surface area (Å²) in [5.41, 5.74) is 0.885. The van der Waals surface area contributed by atoms with Crippen molar-refractivity contribution in [1.82, 2.24) is 15.1 Å². The molecule has 0 saturated heterocycles. The Kier molecular flexibility index (Phi) is 4.04. The van der Waals surface area contributed by atoms with Crippen molar-refractivity contribution >= 4 is 10.8 Å². The number of benzene rings is 2. The quantitative estimate of drug-likeness (QED) is 0.535. The van der Waals surface area contributed by atoms with Crippen molar-refractivity contribution in [2.24, 2.45) is 0 Å². The number of aromatic nitrogens is 3. The van der Waals surface area contributed by atoms with Gasteiger partial charge in [0.2, 0.25) is 5.82 Å². The molecule has 0 aliphatic carbocycles. The molecule has 4 rings (SSSR count). The standard InChI is InChI=1S/C19H13F2N3O2/c1-2-25-17-15(20)8-12(9-16(17)21)19-23-18(24-26-19)14-5-3-4-11-10-22-7-6-13(11)14/h3-10H,2H2,1H3. The summed E-state index contributed by atoms with van der Waals surface area (Å²) in [6.07, 6.45) is 3.40. The van der Waals surface area contributed by atoms with Crippen LogP contribution in [-0.4, -0.2) is 21.7 Å². The summed E-state index contributed by atoms with van der Waals surface area (Å²) < 4.78 is 38.3. The van der Waals surface area contributed by atoms with Gasteiger partial charge in [0, 0.05) is 28.9 Å². The van der Waals surface area contributed by atoms with E-state index in [0.29, 0.717) is 5.82 Å². The second-order valence-corrected chi connectivity index (χ2v) is 5.53. The van der Waals surface area contributed by atoms with E-state index in [1.807, 2.05) is 24.3 Å². The highest BCUT2D eigenvalue weighted by molar-refractivity contribution is 5.94. The van der Waals surface area contributed by atoms with Crippen LogP contribution in [-0.2, 0) is 0 Å². The van der Waals surface area contributed by atoms with E-state index in [1.165, 1.54) is 0 Å². The van der Waals surface area contributed by atoms with Gasteiger partial charge in [0.25, 0.3) is 5.89 Å². The van der Waals surface area contributed by atoms with E-state index >= 15 is 0 Å². The first-order valence-electron chi connectivity index (χ1n) is 7.96. The van der Waals surface area contributed by atoms with E-state index < -0.39 is 17.4 Å².